The van der Waals surface area contributed by atoms with E-state index in [1.165, 1.54) is 0 Å². The minimum absolute atomic E-state index is 0.00635. The molecule has 0 saturated heterocycles. The van der Waals surface area contributed by atoms with Gasteiger partial charge in [0.25, 0.3) is 0 Å². The fraction of sp³-hybridized carbons (Fsp3) is 0.875. The lowest BCUT2D eigenvalue weighted by molar-refractivity contribution is 0.285. The second kappa shape index (κ2) is 7.03. The summed E-state index contributed by atoms with van der Waals surface area (Å²) in [6, 6.07) is 0.00635. The summed E-state index contributed by atoms with van der Waals surface area (Å²) < 4.78 is 0. The molecule has 0 aliphatic rings. The van der Waals surface area contributed by atoms with Gasteiger partial charge in [0.05, 0.1) is 6.04 Å². The first kappa shape index (κ1) is 12.6. The molecule has 0 bridgehead atoms. The Morgan fingerprint density at radius 3 is 2.77 bits per heavy atom. The van der Waals surface area contributed by atoms with Crippen molar-refractivity contribution in [3.05, 3.63) is 0 Å². The molecule has 0 amide bonds. The van der Waals surface area contributed by atoms with Crippen LogP contribution in [0.4, 0.5) is 0 Å². The van der Waals surface area contributed by atoms with Gasteiger partial charge in [-0.25, -0.2) is 0 Å². The molecule has 0 fully saturated rings. The standard InChI is InChI=1S/C8H19N3OS/c1-7(8(9)10-12)11(2)5-4-6-13-3/h7,12H,4-6H2,1-3H3,(H2,9,10). The Hall–Kier alpha value is -0.420. The summed E-state index contributed by atoms with van der Waals surface area (Å²) in [5.74, 6) is 1.42. The highest BCUT2D eigenvalue weighted by atomic mass is 32.2. The van der Waals surface area contributed by atoms with E-state index in [1.54, 1.807) is 0 Å². The van der Waals surface area contributed by atoms with Crippen molar-refractivity contribution in [1.82, 2.24) is 4.90 Å². The van der Waals surface area contributed by atoms with E-state index in [9.17, 15) is 0 Å². The minimum Gasteiger partial charge on any atom is -0.409 e. The molecule has 0 saturated carbocycles. The topological polar surface area (TPSA) is 61.8 Å². The van der Waals surface area contributed by atoms with Crippen molar-refractivity contribution >= 4 is 17.6 Å². The van der Waals surface area contributed by atoms with Gasteiger partial charge in [0.15, 0.2) is 5.84 Å². The smallest absolute Gasteiger partial charge is 0.156 e. The average Bonchev–Trinajstić information content (AvgIpc) is 2.15. The van der Waals surface area contributed by atoms with E-state index >= 15 is 0 Å². The second-order valence-corrected chi connectivity index (χ2v) is 4.01. The summed E-state index contributed by atoms with van der Waals surface area (Å²) >= 11 is 1.83. The highest BCUT2D eigenvalue weighted by molar-refractivity contribution is 7.98. The van der Waals surface area contributed by atoms with Crippen LogP contribution >= 0.6 is 11.8 Å². The Labute approximate surface area is 84.2 Å². The van der Waals surface area contributed by atoms with E-state index in [0.717, 1.165) is 18.7 Å². The summed E-state index contributed by atoms with van der Waals surface area (Å²) in [4.78, 5) is 2.07. The van der Waals surface area contributed by atoms with Gasteiger partial charge in [-0.05, 0) is 38.9 Å². The summed E-state index contributed by atoms with van der Waals surface area (Å²) in [6.07, 6.45) is 3.22. The van der Waals surface area contributed by atoms with E-state index in [1.807, 2.05) is 25.7 Å². The van der Waals surface area contributed by atoms with E-state index in [2.05, 4.69) is 16.3 Å². The Bertz CT molecular complexity index is 163. The van der Waals surface area contributed by atoms with Crippen molar-refractivity contribution in [2.75, 3.05) is 25.6 Å². The maximum atomic E-state index is 8.46. The molecule has 0 heterocycles. The number of amidine groups is 1. The molecule has 0 spiro atoms. The Balaban J connectivity index is 3.75. The van der Waals surface area contributed by atoms with Crippen LogP contribution in [0.3, 0.4) is 0 Å². The van der Waals surface area contributed by atoms with Crippen molar-refractivity contribution in [2.45, 2.75) is 19.4 Å². The van der Waals surface area contributed by atoms with E-state index in [4.69, 9.17) is 10.9 Å². The van der Waals surface area contributed by atoms with Crippen LogP contribution in [0, 0.1) is 0 Å². The monoisotopic (exact) mass is 205 g/mol. The molecule has 0 aliphatic heterocycles. The SMILES string of the molecule is CSCCCN(C)C(C)C(N)=NO. The van der Waals surface area contributed by atoms with Crippen LogP contribution in [0.15, 0.2) is 5.16 Å². The number of likely N-dealkylation sites (N-methyl/N-ethyl adjacent to an activating group) is 1. The number of hydrogen-bond acceptors (Lipinski definition) is 4. The molecule has 0 aliphatic carbocycles. The summed E-state index contributed by atoms with van der Waals surface area (Å²) in [5.41, 5.74) is 5.47. The van der Waals surface area contributed by atoms with Gasteiger partial charge in [0.1, 0.15) is 0 Å². The third kappa shape index (κ3) is 5.00. The average molecular weight is 205 g/mol. The molecule has 5 heteroatoms. The van der Waals surface area contributed by atoms with Crippen LogP contribution in [0.5, 0.6) is 0 Å². The third-order valence-electron chi connectivity index (χ3n) is 2.06. The highest BCUT2D eigenvalue weighted by Gasteiger charge is 2.12. The van der Waals surface area contributed by atoms with Crippen molar-refractivity contribution in [3.63, 3.8) is 0 Å². The molecule has 3 N–H and O–H groups in total. The lowest BCUT2D eigenvalue weighted by Gasteiger charge is -2.22. The van der Waals surface area contributed by atoms with Gasteiger partial charge in [-0.3, -0.25) is 4.90 Å². The molecular weight excluding hydrogens is 186 g/mol. The maximum Gasteiger partial charge on any atom is 0.156 e. The lowest BCUT2D eigenvalue weighted by Crippen LogP contribution is -2.41. The molecule has 13 heavy (non-hydrogen) atoms. The summed E-state index contributed by atoms with van der Waals surface area (Å²) in [6.45, 7) is 2.90. The number of nitrogens with two attached hydrogens (primary N) is 1. The molecule has 0 aromatic carbocycles. The van der Waals surface area contributed by atoms with Crippen LogP contribution in [0.1, 0.15) is 13.3 Å². The van der Waals surface area contributed by atoms with Gasteiger partial charge in [-0.2, -0.15) is 11.8 Å². The summed E-state index contributed by atoms with van der Waals surface area (Å²) in [7, 11) is 1.98. The molecule has 1 unspecified atom stereocenters. The van der Waals surface area contributed by atoms with E-state index < -0.39 is 0 Å². The number of rotatable bonds is 6. The zero-order valence-electron chi connectivity index (χ0n) is 8.53. The van der Waals surface area contributed by atoms with Gasteiger partial charge < -0.3 is 10.9 Å². The zero-order valence-corrected chi connectivity index (χ0v) is 9.34. The normalized spacial score (nSPS) is 14.9. The number of hydrogen-bond donors (Lipinski definition) is 2. The largest absolute Gasteiger partial charge is 0.409 e. The predicted molar refractivity (Wildman–Crippen MR) is 58.5 cm³/mol. The van der Waals surface area contributed by atoms with Gasteiger partial charge in [0, 0.05) is 0 Å². The van der Waals surface area contributed by atoms with Crippen molar-refractivity contribution in [1.29, 1.82) is 0 Å². The van der Waals surface area contributed by atoms with E-state index in [-0.39, 0.29) is 11.9 Å². The first-order valence-corrected chi connectivity index (χ1v) is 5.69. The van der Waals surface area contributed by atoms with Crippen LogP contribution in [-0.4, -0.2) is 47.6 Å². The first-order valence-electron chi connectivity index (χ1n) is 4.30. The number of oxime groups is 1. The molecule has 0 aromatic rings. The second-order valence-electron chi connectivity index (χ2n) is 3.03. The van der Waals surface area contributed by atoms with E-state index in [0.29, 0.717) is 0 Å². The Morgan fingerprint density at radius 1 is 1.69 bits per heavy atom. The van der Waals surface area contributed by atoms with Crippen LogP contribution < -0.4 is 5.73 Å². The fourth-order valence-corrected chi connectivity index (χ4v) is 1.38. The molecule has 0 rings (SSSR count). The minimum atomic E-state index is 0.00635. The van der Waals surface area contributed by atoms with Gasteiger partial charge in [0.2, 0.25) is 0 Å². The molecule has 78 valence electrons. The maximum absolute atomic E-state index is 8.46. The summed E-state index contributed by atoms with van der Waals surface area (Å²) in [5, 5.41) is 11.4. The highest BCUT2D eigenvalue weighted by Crippen LogP contribution is 2.00. The van der Waals surface area contributed by atoms with Crippen molar-refractivity contribution < 1.29 is 5.21 Å². The van der Waals surface area contributed by atoms with Gasteiger partial charge in [-0.1, -0.05) is 5.16 Å². The third-order valence-corrected chi connectivity index (χ3v) is 2.76. The Kier molecular flexibility index (Phi) is 6.80. The molecular formula is C8H19N3OS. The molecule has 0 radical (unpaired) electrons. The Morgan fingerprint density at radius 2 is 2.31 bits per heavy atom. The zero-order chi connectivity index (χ0) is 10.3. The van der Waals surface area contributed by atoms with Gasteiger partial charge >= 0.3 is 0 Å². The number of thioether (sulfide) groups is 1. The lowest BCUT2D eigenvalue weighted by atomic mass is 10.2. The van der Waals surface area contributed by atoms with Crippen LogP contribution in [-0.2, 0) is 0 Å². The first-order chi connectivity index (χ1) is 6.13. The quantitative estimate of drug-likeness (QED) is 0.221. The molecule has 1 atom stereocenters. The van der Waals surface area contributed by atoms with Gasteiger partial charge in [-0.15, -0.1) is 0 Å². The van der Waals surface area contributed by atoms with Crippen LogP contribution in [0.25, 0.3) is 0 Å². The number of nitrogens with zero attached hydrogens (tertiary/aromatic N) is 2. The van der Waals surface area contributed by atoms with Crippen molar-refractivity contribution in [3.8, 4) is 0 Å². The van der Waals surface area contributed by atoms with Crippen LogP contribution in [0.2, 0.25) is 0 Å². The molecule has 0 aromatic heterocycles. The van der Waals surface area contributed by atoms with Crippen molar-refractivity contribution in [2.24, 2.45) is 10.9 Å². The fourth-order valence-electron chi connectivity index (χ4n) is 0.961. The predicted octanol–water partition coefficient (Wildman–Crippen LogP) is 0.806. The molecule has 4 nitrogen and oxygen atoms in total.